The monoisotopic (exact) mass is 268 g/mol. The van der Waals surface area contributed by atoms with Crippen LogP contribution in [-0.2, 0) is 4.74 Å². The van der Waals surface area contributed by atoms with E-state index in [0.29, 0.717) is 13.2 Å². The summed E-state index contributed by atoms with van der Waals surface area (Å²) < 4.78 is 11.0. The molecule has 4 fully saturated rings. The molecule has 0 aromatic heterocycles. The second-order valence-corrected chi connectivity index (χ2v) is 6.78. The molecule has 0 heterocycles. The van der Waals surface area contributed by atoms with Crippen molar-refractivity contribution in [2.45, 2.75) is 6.42 Å². The molecule has 104 valence electrons. The van der Waals surface area contributed by atoms with Gasteiger partial charge in [-0.2, -0.15) is 0 Å². The SMILES string of the molecule is COCCOc1ccccc1C1=CC2C3CC4C2C4C13. The van der Waals surface area contributed by atoms with Crippen LogP contribution < -0.4 is 4.74 Å². The van der Waals surface area contributed by atoms with E-state index < -0.39 is 0 Å². The minimum atomic E-state index is 0.632. The van der Waals surface area contributed by atoms with E-state index in [1.807, 2.05) is 0 Å². The highest BCUT2D eigenvalue weighted by Crippen LogP contribution is 2.81. The number of benzene rings is 1. The van der Waals surface area contributed by atoms with Gasteiger partial charge in [-0.15, -0.1) is 0 Å². The zero-order chi connectivity index (χ0) is 13.3. The number of ether oxygens (including phenoxy) is 2. The highest BCUT2D eigenvalue weighted by Gasteiger charge is 2.75. The summed E-state index contributed by atoms with van der Waals surface area (Å²) in [6, 6.07) is 8.55. The van der Waals surface area contributed by atoms with E-state index in [9.17, 15) is 0 Å². The van der Waals surface area contributed by atoms with Crippen LogP contribution in [0, 0.1) is 35.5 Å². The van der Waals surface area contributed by atoms with Crippen molar-refractivity contribution in [3.8, 4) is 5.75 Å². The molecule has 5 aliphatic carbocycles. The minimum absolute atomic E-state index is 0.632. The Kier molecular flexibility index (Phi) is 2.21. The first-order valence-corrected chi connectivity index (χ1v) is 7.83. The van der Waals surface area contributed by atoms with E-state index in [0.717, 1.165) is 41.3 Å². The first kappa shape index (κ1) is 11.4. The lowest BCUT2D eigenvalue weighted by Crippen LogP contribution is -2.08. The molecule has 0 radical (unpaired) electrons. The molecule has 2 heteroatoms. The topological polar surface area (TPSA) is 18.5 Å². The molecule has 1 aromatic carbocycles. The van der Waals surface area contributed by atoms with Gasteiger partial charge in [0, 0.05) is 12.7 Å². The molecule has 6 unspecified atom stereocenters. The highest BCUT2D eigenvalue weighted by atomic mass is 16.5. The van der Waals surface area contributed by atoms with E-state index in [-0.39, 0.29) is 0 Å². The summed E-state index contributed by atoms with van der Waals surface area (Å²) in [6.07, 6.45) is 4.08. The van der Waals surface area contributed by atoms with Crippen molar-refractivity contribution in [3.05, 3.63) is 35.9 Å². The van der Waals surface area contributed by atoms with Crippen molar-refractivity contribution in [1.82, 2.24) is 0 Å². The van der Waals surface area contributed by atoms with Gasteiger partial charge in [-0.05, 0) is 53.6 Å². The average molecular weight is 268 g/mol. The lowest BCUT2D eigenvalue weighted by atomic mass is 9.89. The van der Waals surface area contributed by atoms with Gasteiger partial charge in [-0.1, -0.05) is 24.3 Å². The number of methoxy groups -OCH3 is 1. The Labute approximate surface area is 119 Å². The third-order valence-corrected chi connectivity index (χ3v) is 6.13. The van der Waals surface area contributed by atoms with Crippen LogP contribution >= 0.6 is 0 Å². The van der Waals surface area contributed by atoms with E-state index in [4.69, 9.17) is 9.47 Å². The molecule has 0 amide bonds. The van der Waals surface area contributed by atoms with Gasteiger partial charge in [0.05, 0.1) is 6.61 Å². The molecule has 6 rings (SSSR count). The van der Waals surface area contributed by atoms with Crippen molar-refractivity contribution in [3.63, 3.8) is 0 Å². The Bertz CT molecular complexity index is 591. The maximum Gasteiger partial charge on any atom is 0.126 e. The number of para-hydroxylation sites is 1. The van der Waals surface area contributed by atoms with Crippen LogP contribution in [0.4, 0.5) is 0 Å². The minimum Gasteiger partial charge on any atom is -0.491 e. The Hall–Kier alpha value is -1.28. The molecule has 4 saturated carbocycles. The third kappa shape index (κ3) is 1.28. The van der Waals surface area contributed by atoms with Gasteiger partial charge >= 0.3 is 0 Å². The molecule has 5 aliphatic rings. The molecule has 6 atom stereocenters. The zero-order valence-corrected chi connectivity index (χ0v) is 11.8. The van der Waals surface area contributed by atoms with Crippen molar-refractivity contribution in [2.75, 3.05) is 20.3 Å². The fourth-order valence-electron chi connectivity index (χ4n) is 5.54. The first-order valence-electron chi connectivity index (χ1n) is 7.83. The second kappa shape index (κ2) is 3.88. The lowest BCUT2D eigenvalue weighted by Gasteiger charge is -2.18. The van der Waals surface area contributed by atoms with Crippen LogP contribution in [0.1, 0.15) is 12.0 Å². The normalized spacial score (nSPS) is 42.0. The predicted octanol–water partition coefficient (Wildman–Crippen LogP) is 3.24. The average Bonchev–Trinajstić information content (AvgIpc) is 2.84. The Morgan fingerprint density at radius 2 is 2.00 bits per heavy atom. The summed E-state index contributed by atoms with van der Waals surface area (Å²) in [5, 5.41) is 0. The molecule has 0 saturated heterocycles. The van der Waals surface area contributed by atoms with Crippen LogP contribution in [0.15, 0.2) is 30.3 Å². The maximum atomic E-state index is 5.93. The zero-order valence-electron chi connectivity index (χ0n) is 11.8. The lowest BCUT2D eigenvalue weighted by molar-refractivity contribution is 0.146. The van der Waals surface area contributed by atoms with Gasteiger partial charge < -0.3 is 9.47 Å². The fraction of sp³-hybridized carbons (Fsp3) is 0.556. The van der Waals surface area contributed by atoms with Gasteiger partial charge in [0.15, 0.2) is 0 Å². The number of allylic oxidation sites excluding steroid dienone is 2. The number of hydrogen-bond donors (Lipinski definition) is 0. The Balaban J connectivity index is 1.46. The van der Waals surface area contributed by atoms with Gasteiger partial charge in [0.1, 0.15) is 12.4 Å². The Morgan fingerprint density at radius 1 is 1.10 bits per heavy atom. The largest absolute Gasteiger partial charge is 0.491 e. The van der Waals surface area contributed by atoms with Crippen molar-refractivity contribution in [1.29, 1.82) is 0 Å². The third-order valence-electron chi connectivity index (χ3n) is 6.13. The molecule has 0 aliphatic heterocycles. The molecule has 2 nitrogen and oxygen atoms in total. The summed E-state index contributed by atoms with van der Waals surface area (Å²) in [7, 11) is 1.72. The Morgan fingerprint density at radius 3 is 2.75 bits per heavy atom. The highest BCUT2D eigenvalue weighted by molar-refractivity contribution is 5.77. The summed E-state index contributed by atoms with van der Waals surface area (Å²) in [5.74, 6) is 6.92. The quantitative estimate of drug-likeness (QED) is 0.763. The summed E-state index contributed by atoms with van der Waals surface area (Å²) in [6.45, 7) is 1.28. The van der Waals surface area contributed by atoms with Gasteiger partial charge in [0.25, 0.3) is 0 Å². The van der Waals surface area contributed by atoms with E-state index in [2.05, 4.69) is 30.3 Å². The molecular weight excluding hydrogens is 248 g/mol. The summed E-state index contributed by atoms with van der Waals surface area (Å²) in [4.78, 5) is 0. The van der Waals surface area contributed by atoms with E-state index >= 15 is 0 Å². The van der Waals surface area contributed by atoms with Crippen LogP contribution in [-0.4, -0.2) is 20.3 Å². The molecule has 20 heavy (non-hydrogen) atoms. The van der Waals surface area contributed by atoms with Crippen molar-refractivity contribution >= 4 is 5.57 Å². The van der Waals surface area contributed by atoms with Crippen LogP contribution in [0.5, 0.6) is 5.75 Å². The summed E-state index contributed by atoms with van der Waals surface area (Å²) >= 11 is 0. The standard InChI is InChI=1S/C18H20O2/c1-19-6-7-20-15-5-3-2-4-10(15)11-8-12-13-9-14-17(12)18(14)16(11)13/h2-5,8,12-14,16-18H,6-7,9H2,1H3. The molecule has 0 N–H and O–H groups in total. The summed E-state index contributed by atoms with van der Waals surface area (Å²) in [5.41, 5.74) is 2.93. The van der Waals surface area contributed by atoms with E-state index in [1.54, 1.807) is 12.7 Å². The molecule has 6 bridgehead atoms. The fourth-order valence-corrected chi connectivity index (χ4v) is 5.54. The number of rotatable bonds is 5. The van der Waals surface area contributed by atoms with Gasteiger partial charge in [-0.25, -0.2) is 0 Å². The molecule has 1 aromatic rings. The molecule has 0 spiro atoms. The van der Waals surface area contributed by atoms with Crippen molar-refractivity contribution in [2.24, 2.45) is 35.5 Å². The van der Waals surface area contributed by atoms with Crippen molar-refractivity contribution < 1.29 is 9.47 Å². The smallest absolute Gasteiger partial charge is 0.126 e. The van der Waals surface area contributed by atoms with E-state index in [1.165, 1.54) is 12.0 Å². The van der Waals surface area contributed by atoms with Crippen LogP contribution in [0.3, 0.4) is 0 Å². The molecular formula is C18H20O2. The van der Waals surface area contributed by atoms with Gasteiger partial charge in [-0.3, -0.25) is 0 Å². The second-order valence-electron chi connectivity index (χ2n) is 6.78. The van der Waals surface area contributed by atoms with Crippen LogP contribution in [0.25, 0.3) is 5.57 Å². The maximum absolute atomic E-state index is 5.93. The van der Waals surface area contributed by atoms with Crippen LogP contribution in [0.2, 0.25) is 0 Å². The predicted molar refractivity (Wildman–Crippen MR) is 77.3 cm³/mol. The first-order chi connectivity index (χ1) is 9.90. The van der Waals surface area contributed by atoms with Gasteiger partial charge in [0.2, 0.25) is 0 Å². The number of hydrogen-bond acceptors (Lipinski definition) is 2.